The zero-order valence-corrected chi connectivity index (χ0v) is 21.9. The fraction of sp³-hybridized carbons (Fsp3) is 0.500. The van der Waals surface area contributed by atoms with Crippen molar-refractivity contribution >= 4 is 18.7 Å². The molecule has 4 rings (SSSR count). The van der Waals surface area contributed by atoms with E-state index >= 15 is 0 Å². The first-order chi connectivity index (χ1) is 16.1. The SMILES string of the molecule is CC1(C)OCC(C[C@@H]2C=C[C@H](O)[C@@H](CO[Si](c3ccccc3)(c3ccccc3)C(C)(C)C)O2)O1. The predicted molar refractivity (Wildman–Crippen MR) is 137 cm³/mol. The first-order valence-corrected chi connectivity index (χ1v) is 14.1. The van der Waals surface area contributed by atoms with Crippen molar-refractivity contribution in [1.29, 1.82) is 0 Å². The molecule has 0 amide bonds. The van der Waals surface area contributed by atoms with Crippen molar-refractivity contribution in [3.05, 3.63) is 72.8 Å². The summed E-state index contributed by atoms with van der Waals surface area (Å²) in [5.41, 5.74) is 0. The van der Waals surface area contributed by atoms with Crippen LogP contribution < -0.4 is 10.4 Å². The Morgan fingerprint density at radius 2 is 1.56 bits per heavy atom. The Labute approximate surface area is 204 Å². The Balaban J connectivity index is 1.56. The highest BCUT2D eigenvalue weighted by Crippen LogP contribution is 2.37. The molecule has 2 aliphatic heterocycles. The van der Waals surface area contributed by atoms with Crippen LogP contribution in [0.25, 0.3) is 0 Å². The molecule has 2 heterocycles. The summed E-state index contributed by atoms with van der Waals surface area (Å²) in [7, 11) is -2.70. The first kappa shape index (κ1) is 25.3. The number of ether oxygens (including phenoxy) is 3. The van der Waals surface area contributed by atoms with Gasteiger partial charge in [-0.3, -0.25) is 0 Å². The highest BCUT2D eigenvalue weighted by Gasteiger charge is 2.50. The van der Waals surface area contributed by atoms with Crippen LogP contribution in [-0.4, -0.2) is 56.8 Å². The van der Waals surface area contributed by atoms with Gasteiger partial charge in [-0.2, -0.15) is 0 Å². The number of aliphatic hydroxyl groups is 1. The third-order valence-electron chi connectivity index (χ3n) is 6.70. The Kier molecular flexibility index (Phi) is 7.48. The molecule has 1 unspecified atom stereocenters. The number of benzene rings is 2. The second kappa shape index (κ2) is 10.1. The monoisotopic (exact) mass is 482 g/mol. The Morgan fingerprint density at radius 1 is 0.971 bits per heavy atom. The predicted octanol–water partition coefficient (Wildman–Crippen LogP) is 3.79. The van der Waals surface area contributed by atoms with E-state index in [0.717, 1.165) is 0 Å². The van der Waals surface area contributed by atoms with E-state index < -0.39 is 26.3 Å². The molecule has 5 nitrogen and oxygen atoms in total. The molecular weight excluding hydrogens is 444 g/mol. The zero-order chi connectivity index (χ0) is 24.4. The van der Waals surface area contributed by atoms with Gasteiger partial charge in [-0.05, 0) is 29.3 Å². The van der Waals surface area contributed by atoms with Gasteiger partial charge in [0, 0.05) is 6.42 Å². The lowest BCUT2D eigenvalue weighted by atomic mass is 10.1. The lowest BCUT2D eigenvalue weighted by Gasteiger charge is -2.44. The van der Waals surface area contributed by atoms with Crippen LogP contribution in [0.2, 0.25) is 5.04 Å². The van der Waals surface area contributed by atoms with E-state index in [1.165, 1.54) is 10.4 Å². The van der Waals surface area contributed by atoms with Gasteiger partial charge in [-0.25, -0.2) is 0 Å². The van der Waals surface area contributed by atoms with Crippen molar-refractivity contribution in [2.75, 3.05) is 13.2 Å². The van der Waals surface area contributed by atoms with Gasteiger partial charge >= 0.3 is 0 Å². The molecule has 1 fully saturated rings. The minimum absolute atomic E-state index is 0.0295. The van der Waals surface area contributed by atoms with Crippen LogP contribution >= 0.6 is 0 Å². The van der Waals surface area contributed by atoms with Crippen LogP contribution in [-0.2, 0) is 18.6 Å². The van der Waals surface area contributed by atoms with Gasteiger partial charge in [-0.1, -0.05) is 93.6 Å². The number of aliphatic hydroxyl groups excluding tert-OH is 1. The highest BCUT2D eigenvalue weighted by molar-refractivity contribution is 6.99. The second-order valence-corrected chi connectivity index (χ2v) is 15.1. The first-order valence-electron chi connectivity index (χ1n) is 12.2. The molecule has 1 N–H and O–H groups in total. The van der Waals surface area contributed by atoms with Crippen molar-refractivity contribution in [2.24, 2.45) is 0 Å². The van der Waals surface area contributed by atoms with Crippen molar-refractivity contribution in [3.8, 4) is 0 Å². The van der Waals surface area contributed by atoms with Gasteiger partial charge in [0.25, 0.3) is 8.32 Å². The minimum atomic E-state index is -2.70. The van der Waals surface area contributed by atoms with Crippen molar-refractivity contribution in [1.82, 2.24) is 0 Å². The molecular formula is C28H38O5Si. The van der Waals surface area contributed by atoms with Gasteiger partial charge in [0.1, 0.15) is 12.2 Å². The van der Waals surface area contributed by atoms with E-state index in [1.807, 2.05) is 38.1 Å². The van der Waals surface area contributed by atoms with Crippen molar-refractivity contribution in [2.45, 2.75) is 76.3 Å². The molecule has 0 bridgehead atoms. The third kappa shape index (κ3) is 5.38. The van der Waals surface area contributed by atoms with Crippen LogP contribution in [0.3, 0.4) is 0 Å². The summed E-state index contributed by atoms with van der Waals surface area (Å²) in [5, 5.41) is 13.0. The van der Waals surface area contributed by atoms with Gasteiger partial charge in [0.15, 0.2) is 5.79 Å². The molecule has 0 saturated carbocycles. The average molecular weight is 483 g/mol. The minimum Gasteiger partial charge on any atom is -0.405 e. The van der Waals surface area contributed by atoms with Crippen molar-refractivity contribution in [3.63, 3.8) is 0 Å². The fourth-order valence-electron chi connectivity index (χ4n) is 5.09. The lowest BCUT2D eigenvalue weighted by molar-refractivity contribution is -0.145. The number of hydrogen-bond acceptors (Lipinski definition) is 5. The molecule has 2 aromatic carbocycles. The topological polar surface area (TPSA) is 57.2 Å². The van der Waals surface area contributed by atoms with Gasteiger partial charge in [0.2, 0.25) is 0 Å². The molecule has 2 aromatic rings. The summed E-state index contributed by atoms with van der Waals surface area (Å²) in [4.78, 5) is 0. The Bertz CT molecular complexity index is 914. The van der Waals surface area contributed by atoms with Gasteiger partial charge < -0.3 is 23.7 Å². The largest absolute Gasteiger partial charge is 0.405 e. The summed E-state index contributed by atoms with van der Waals surface area (Å²) in [6, 6.07) is 21.1. The number of hydrogen-bond donors (Lipinski definition) is 1. The van der Waals surface area contributed by atoms with Crippen LogP contribution in [0.1, 0.15) is 41.0 Å². The molecule has 34 heavy (non-hydrogen) atoms. The smallest absolute Gasteiger partial charge is 0.261 e. The van der Waals surface area contributed by atoms with Gasteiger partial charge in [0.05, 0.1) is 25.4 Å². The molecule has 0 aromatic heterocycles. The van der Waals surface area contributed by atoms with Crippen LogP contribution in [0.5, 0.6) is 0 Å². The lowest BCUT2D eigenvalue weighted by Crippen LogP contribution is -2.67. The standard InChI is InChI=1S/C28H38O5Si/c1-27(2,3)34(23-12-8-6-9-13-23,24-14-10-7-11-15-24)31-20-26-25(29)17-16-21(32-26)18-22-19-30-28(4,5)33-22/h6-17,21-22,25-26,29H,18-20H2,1-5H3/t21-,22?,25-,26+/m0/s1. The van der Waals surface area contributed by atoms with Crippen LogP contribution in [0.4, 0.5) is 0 Å². The summed E-state index contributed by atoms with van der Waals surface area (Å²) in [5.74, 6) is -0.561. The van der Waals surface area contributed by atoms with Crippen LogP contribution in [0, 0.1) is 0 Å². The Hall–Kier alpha value is -1.80. The van der Waals surface area contributed by atoms with Gasteiger partial charge in [-0.15, -0.1) is 0 Å². The summed E-state index contributed by atoms with van der Waals surface area (Å²) < 4.78 is 25.0. The third-order valence-corrected chi connectivity index (χ3v) is 11.7. The maximum absolute atomic E-state index is 10.7. The molecule has 0 aliphatic carbocycles. The van der Waals surface area contributed by atoms with Crippen molar-refractivity contribution < 1.29 is 23.7 Å². The van der Waals surface area contributed by atoms with E-state index in [1.54, 1.807) is 0 Å². The maximum atomic E-state index is 10.7. The maximum Gasteiger partial charge on any atom is 0.261 e. The highest BCUT2D eigenvalue weighted by atomic mass is 28.4. The quantitative estimate of drug-likeness (QED) is 0.481. The zero-order valence-electron chi connectivity index (χ0n) is 20.9. The second-order valence-electron chi connectivity index (χ2n) is 10.7. The molecule has 1 saturated heterocycles. The molecule has 4 atom stereocenters. The molecule has 184 valence electrons. The normalized spacial score (nSPS) is 27.1. The molecule has 2 aliphatic rings. The molecule has 0 radical (unpaired) electrons. The van der Waals surface area contributed by atoms with E-state index in [4.69, 9.17) is 18.6 Å². The fourth-order valence-corrected chi connectivity index (χ4v) is 9.66. The Morgan fingerprint density at radius 3 is 2.06 bits per heavy atom. The van der Waals surface area contributed by atoms with E-state index in [-0.39, 0.29) is 17.2 Å². The van der Waals surface area contributed by atoms with E-state index in [2.05, 4.69) is 69.3 Å². The molecule has 0 spiro atoms. The summed E-state index contributed by atoms with van der Waals surface area (Å²) in [6.45, 7) is 11.5. The van der Waals surface area contributed by atoms with E-state index in [9.17, 15) is 5.11 Å². The van der Waals surface area contributed by atoms with E-state index in [0.29, 0.717) is 19.6 Å². The van der Waals surface area contributed by atoms with Crippen LogP contribution in [0.15, 0.2) is 72.8 Å². The molecule has 6 heteroatoms. The summed E-state index contributed by atoms with van der Waals surface area (Å²) >= 11 is 0. The number of rotatable bonds is 7. The average Bonchev–Trinajstić information content (AvgIpc) is 3.14. The summed E-state index contributed by atoms with van der Waals surface area (Å²) in [6.07, 6.45) is 3.09.